The van der Waals surface area contributed by atoms with Gasteiger partial charge in [-0.3, -0.25) is 4.90 Å². The first kappa shape index (κ1) is 13.4. The summed E-state index contributed by atoms with van der Waals surface area (Å²) in [6.45, 7) is 7.60. The van der Waals surface area contributed by atoms with Crippen LogP contribution in [0.1, 0.15) is 13.3 Å². The molecule has 0 bridgehead atoms. The largest absolute Gasteiger partial charge is 0.356 e. The third kappa shape index (κ3) is 3.23. The molecule has 1 fully saturated rings. The molecule has 0 aromatic carbocycles. The van der Waals surface area contributed by atoms with Gasteiger partial charge in [0.15, 0.2) is 0 Å². The minimum Gasteiger partial charge on any atom is -0.356 e. The summed E-state index contributed by atoms with van der Waals surface area (Å²) in [5, 5.41) is 3.38. The van der Waals surface area contributed by atoms with Crippen molar-refractivity contribution in [2.45, 2.75) is 25.9 Å². The quantitative estimate of drug-likeness (QED) is 0.845. The summed E-state index contributed by atoms with van der Waals surface area (Å²) in [6.07, 6.45) is 5.07. The number of hydrogen-bond acceptors (Lipinski definition) is 4. The Bertz CT molecular complexity index is 362. The van der Waals surface area contributed by atoms with Crippen LogP contribution < -0.4 is 5.32 Å². The van der Waals surface area contributed by atoms with Gasteiger partial charge in [-0.05, 0) is 20.5 Å². The summed E-state index contributed by atoms with van der Waals surface area (Å²) >= 11 is 0. The van der Waals surface area contributed by atoms with Crippen molar-refractivity contribution < 1.29 is 0 Å². The van der Waals surface area contributed by atoms with Gasteiger partial charge < -0.3 is 14.8 Å². The third-order valence-corrected chi connectivity index (χ3v) is 3.64. The number of aromatic nitrogens is 2. The minimum atomic E-state index is 0.570. The van der Waals surface area contributed by atoms with Gasteiger partial charge in [-0.25, -0.2) is 4.98 Å². The van der Waals surface area contributed by atoms with Gasteiger partial charge in [0.1, 0.15) is 0 Å². The fourth-order valence-electron chi connectivity index (χ4n) is 2.39. The maximum atomic E-state index is 4.38. The Morgan fingerprint density at radius 2 is 2.22 bits per heavy atom. The zero-order valence-electron chi connectivity index (χ0n) is 11.8. The first-order valence-corrected chi connectivity index (χ1v) is 6.84. The van der Waals surface area contributed by atoms with Gasteiger partial charge >= 0.3 is 0 Å². The average Bonchev–Trinajstić information content (AvgIpc) is 2.79. The van der Waals surface area contributed by atoms with Gasteiger partial charge in [0.25, 0.3) is 0 Å². The number of hydrogen-bond donors (Lipinski definition) is 1. The lowest BCUT2D eigenvalue weighted by molar-refractivity contribution is 0.103. The predicted octanol–water partition coefficient (Wildman–Crippen LogP) is 0.951. The highest BCUT2D eigenvalue weighted by molar-refractivity contribution is 5.25. The molecule has 0 aliphatic carbocycles. The van der Waals surface area contributed by atoms with Crippen molar-refractivity contribution in [3.05, 3.63) is 12.4 Å². The van der Waals surface area contributed by atoms with E-state index in [1.54, 1.807) is 0 Å². The zero-order valence-corrected chi connectivity index (χ0v) is 11.8. The lowest BCUT2D eigenvalue weighted by atomic mass is 10.2. The summed E-state index contributed by atoms with van der Waals surface area (Å²) in [6, 6.07) is 0.570. The van der Waals surface area contributed by atoms with E-state index < -0.39 is 0 Å². The zero-order chi connectivity index (χ0) is 13.0. The summed E-state index contributed by atoms with van der Waals surface area (Å²) in [7, 11) is 4.41. The van der Waals surface area contributed by atoms with Crippen LogP contribution in [0.3, 0.4) is 0 Å². The fourth-order valence-corrected chi connectivity index (χ4v) is 2.39. The van der Waals surface area contributed by atoms with E-state index in [9.17, 15) is 0 Å². The molecule has 5 heteroatoms. The van der Waals surface area contributed by atoms with E-state index >= 15 is 0 Å². The van der Waals surface area contributed by atoms with E-state index in [1.807, 2.05) is 6.20 Å². The van der Waals surface area contributed by atoms with Gasteiger partial charge in [-0.2, -0.15) is 0 Å². The molecule has 0 saturated carbocycles. The van der Waals surface area contributed by atoms with E-state index in [0.717, 1.165) is 45.1 Å². The molecule has 1 aromatic heterocycles. The number of piperazine rings is 1. The maximum absolute atomic E-state index is 4.38. The van der Waals surface area contributed by atoms with E-state index in [4.69, 9.17) is 0 Å². The molecule has 0 spiro atoms. The molecule has 0 radical (unpaired) electrons. The van der Waals surface area contributed by atoms with E-state index in [-0.39, 0.29) is 0 Å². The Morgan fingerprint density at radius 3 is 3.00 bits per heavy atom. The molecular formula is C13H25N5. The first-order chi connectivity index (χ1) is 8.70. The van der Waals surface area contributed by atoms with Crippen LogP contribution in [0.15, 0.2) is 12.4 Å². The van der Waals surface area contributed by atoms with E-state index in [1.165, 1.54) is 0 Å². The van der Waals surface area contributed by atoms with Crippen molar-refractivity contribution in [2.75, 3.05) is 45.6 Å². The van der Waals surface area contributed by atoms with Crippen LogP contribution in [0.25, 0.3) is 0 Å². The molecule has 102 valence electrons. The second-order valence-electron chi connectivity index (χ2n) is 5.23. The van der Waals surface area contributed by atoms with Crippen LogP contribution in [0, 0.1) is 0 Å². The molecular weight excluding hydrogens is 226 g/mol. The summed E-state index contributed by atoms with van der Waals surface area (Å²) in [5.74, 6) is 0.999. The van der Waals surface area contributed by atoms with Crippen molar-refractivity contribution in [3.63, 3.8) is 0 Å². The Balaban J connectivity index is 1.97. The Hall–Kier alpha value is -1.07. The Kier molecular flexibility index (Phi) is 4.60. The topological polar surface area (TPSA) is 36.3 Å². The minimum absolute atomic E-state index is 0.570. The highest BCUT2D eigenvalue weighted by Crippen LogP contribution is 2.12. The van der Waals surface area contributed by atoms with Crippen LogP contribution in [0.4, 0.5) is 5.95 Å². The molecule has 18 heavy (non-hydrogen) atoms. The lowest BCUT2D eigenvalue weighted by Crippen LogP contribution is -2.51. The fraction of sp³-hybridized carbons (Fsp3) is 0.769. The molecule has 5 nitrogen and oxygen atoms in total. The Labute approximate surface area is 110 Å². The molecule has 1 unspecified atom stereocenters. The molecule has 0 amide bonds. The molecule has 1 aromatic rings. The van der Waals surface area contributed by atoms with Crippen LogP contribution in [0.2, 0.25) is 0 Å². The second-order valence-corrected chi connectivity index (χ2v) is 5.23. The maximum Gasteiger partial charge on any atom is 0.202 e. The molecule has 1 saturated heterocycles. The predicted molar refractivity (Wildman–Crippen MR) is 74.9 cm³/mol. The number of imidazole rings is 1. The molecule has 1 aliphatic rings. The Morgan fingerprint density at radius 1 is 1.39 bits per heavy atom. The van der Waals surface area contributed by atoms with Crippen molar-refractivity contribution in [1.29, 1.82) is 0 Å². The average molecular weight is 251 g/mol. The van der Waals surface area contributed by atoms with Crippen molar-refractivity contribution in [2.24, 2.45) is 0 Å². The lowest BCUT2D eigenvalue weighted by Gasteiger charge is -2.38. The number of anilines is 1. The third-order valence-electron chi connectivity index (χ3n) is 3.64. The van der Waals surface area contributed by atoms with Crippen molar-refractivity contribution in [1.82, 2.24) is 19.4 Å². The highest BCUT2D eigenvalue weighted by atomic mass is 15.3. The molecule has 1 aliphatic heterocycles. The second kappa shape index (κ2) is 6.20. The molecule has 1 N–H and O–H groups in total. The van der Waals surface area contributed by atoms with Crippen LogP contribution in [-0.2, 0) is 6.54 Å². The van der Waals surface area contributed by atoms with E-state index in [0.29, 0.717) is 6.04 Å². The first-order valence-electron chi connectivity index (χ1n) is 6.84. The number of nitrogens with one attached hydrogen (secondary N) is 1. The van der Waals surface area contributed by atoms with Crippen molar-refractivity contribution in [3.8, 4) is 0 Å². The number of likely N-dealkylation sites (N-methyl/N-ethyl adjacent to an activating group) is 2. The monoisotopic (exact) mass is 251 g/mol. The van der Waals surface area contributed by atoms with Gasteiger partial charge in [0.05, 0.1) is 0 Å². The summed E-state index contributed by atoms with van der Waals surface area (Å²) in [5.41, 5.74) is 0. The van der Waals surface area contributed by atoms with Gasteiger partial charge in [0, 0.05) is 51.2 Å². The molecule has 2 heterocycles. The molecule has 1 atom stereocenters. The van der Waals surface area contributed by atoms with Crippen molar-refractivity contribution >= 4 is 5.95 Å². The van der Waals surface area contributed by atoms with Crippen LogP contribution in [0.5, 0.6) is 0 Å². The van der Waals surface area contributed by atoms with Gasteiger partial charge in [-0.15, -0.1) is 0 Å². The summed E-state index contributed by atoms with van der Waals surface area (Å²) in [4.78, 5) is 9.23. The smallest absolute Gasteiger partial charge is 0.202 e. The SMILES string of the molecule is CCCNc1nccn1CC1CN(C)CCN1C. The highest BCUT2D eigenvalue weighted by Gasteiger charge is 2.22. The van der Waals surface area contributed by atoms with Crippen LogP contribution in [-0.4, -0.2) is 65.7 Å². The van der Waals surface area contributed by atoms with Gasteiger partial charge in [-0.1, -0.05) is 6.92 Å². The number of nitrogens with zero attached hydrogens (tertiary/aromatic N) is 4. The van der Waals surface area contributed by atoms with Crippen LogP contribution >= 0.6 is 0 Å². The normalized spacial score (nSPS) is 22.3. The van der Waals surface area contributed by atoms with E-state index in [2.05, 4.69) is 51.9 Å². The number of rotatable bonds is 5. The summed E-state index contributed by atoms with van der Waals surface area (Å²) < 4.78 is 2.23. The van der Waals surface area contributed by atoms with Gasteiger partial charge in [0.2, 0.25) is 5.95 Å². The standard InChI is InChI=1S/C13H25N5/c1-4-5-14-13-15-6-7-18(13)11-12-10-16(2)8-9-17(12)3/h6-7,12H,4-5,8-11H2,1-3H3,(H,14,15). The molecule has 2 rings (SSSR count).